The van der Waals surface area contributed by atoms with Crippen molar-refractivity contribution in [2.24, 2.45) is 11.8 Å². The van der Waals surface area contributed by atoms with Gasteiger partial charge in [-0.2, -0.15) is 0 Å². The molecule has 0 heterocycles. The summed E-state index contributed by atoms with van der Waals surface area (Å²) < 4.78 is 21.2. The van der Waals surface area contributed by atoms with Crippen molar-refractivity contribution in [1.82, 2.24) is 0 Å². The maximum Gasteiger partial charge on any atom is 0.250 e. The zero-order chi connectivity index (χ0) is 31.1. The van der Waals surface area contributed by atoms with Gasteiger partial charge < -0.3 is 13.3 Å². The summed E-state index contributed by atoms with van der Waals surface area (Å²) in [6, 6.07) is 3.47. The van der Waals surface area contributed by atoms with E-state index in [-0.39, 0.29) is 22.7 Å². The minimum atomic E-state index is -2.00. The van der Waals surface area contributed by atoms with Crippen molar-refractivity contribution in [3.63, 3.8) is 0 Å². The second-order valence-corrected chi connectivity index (χ2v) is 29.6. The lowest BCUT2D eigenvalue weighted by molar-refractivity contribution is 0.0664. The molecule has 2 aliphatic rings. The SMILES string of the molecule is CC#CC1=C(O[Si](C)(C)C(C)(C)C)CC(O[Si](CC)(CC)CC)[C@@H]1/C=C/CC(C)(CCC1CCCC1)O[Si](C)(C)C. The molecule has 2 unspecified atom stereocenters. The molecule has 0 spiro atoms. The third-order valence-corrected chi connectivity index (χ3v) is 20.3. The van der Waals surface area contributed by atoms with Crippen molar-refractivity contribution in [3.05, 3.63) is 23.5 Å². The second kappa shape index (κ2) is 14.9. The molecule has 6 heteroatoms. The van der Waals surface area contributed by atoms with Crippen molar-refractivity contribution >= 4 is 25.0 Å². The van der Waals surface area contributed by atoms with Crippen molar-refractivity contribution < 1.29 is 13.3 Å². The first-order valence-corrected chi connectivity index (χ1v) is 25.7. The van der Waals surface area contributed by atoms with Gasteiger partial charge in [0.1, 0.15) is 0 Å². The summed E-state index contributed by atoms with van der Waals surface area (Å²) in [7, 11) is -5.51. The van der Waals surface area contributed by atoms with Crippen LogP contribution in [0.5, 0.6) is 0 Å². The van der Waals surface area contributed by atoms with E-state index in [4.69, 9.17) is 13.3 Å². The van der Waals surface area contributed by atoms with Crippen LogP contribution in [0.25, 0.3) is 0 Å². The average Bonchev–Trinajstić information content (AvgIpc) is 3.49. The molecule has 3 nitrogen and oxygen atoms in total. The Hall–Kier alpha value is -0.589. The quantitative estimate of drug-likeness (QED) is 0.104. The van der Waals surface area contributed by atoms with E-state index in [0.29, 0.717) is 0 Å². The lowest BCUT2D eigenvalue weighted by Crippen LogP contribution is -2.42. The lowest BCUT2D eigenvalue weighted by atomic mass is 9.89. The van der Waals surface area contributed by atoms with E-state index in [0.717, 1.165) is 54.6 Å². The molecule has 0 saturated heterocycles. The van der Waals surface area contributed by atoms with Crippen LogP contribution < -0.4 is 0 Å². The Kier molecular flexibility index (Phi) is 13.3. The summed E-state index contributed by atoms with van der Waals surface area (Å²) in [5, 5.41) is 0.138. The van der Waals surface area contributed by atoms with Gasteiger partial charge in [0.2, 0.25) is 8.32 Å². The largest absolute Gasteiger partial charge is 0.546 e. The Morgan fingerprint density at radius 1 is 0.927 bits per heavy atom. The molecule has 0 aromatic heterocycles. The Balaban J connectivity index is 2.43. The molecule has 0 radical (unpaired) electrons. The van der Waals surface area contributed by atoms with E-state index >= 15 is 0 Å². The maximum absolute atomic E-state index is 7.23. The van der Waals surface area contributed by atoms with Crippen LogP contribution in [-0.2, 0) is 13.3 Å². The smallest absolute Gasteiger partial charge is 0.250 e. The van der Waals surface area contributed by atoms with Gasteiger partial charge in [0.05, 0.1) is 17.5 Å². The summed E-state index contributed by atoms with van der Waals surface area (Å²) in [5.74, 6) is 8.89. The summed E-state index contributed by atoms with van der Waals surface area (Å²) in [6.07, 6.45) is 14.8. The molecular weight excluding hydrogens is 553 g/mol. The van der Waals surface area contributed by atoms with E-state index in [1.54, 1.807) is 0 Å². The van der Waals surface area contributed by atoms with Gasteiger partial charge in [0.15, 0.2) is 16.6 Å². The molecule has 0 aromatic carbocycles. The van der Waals surface area contributed by atoms with Crippen molar-refractivity contribution in [2.45, 2.75) is 174 Å². The molecule has 0 amide bonds. The van der Waals surface area contributed by atoms with Crippen molar-refractivity contribution in [3.8, 4) is 11.8 Å². The lowest BCUT2D eigenvalue weighted by Gasteiger charge is -2.37. The average molecular weight is 619 g/mol. The Morgan fingerprint density at radius 2 is 1.51 bits per heavy atom. The fraction of sp³-hybridized carbons (Fsp3) is 0.829. The van der Waals surface area contributed by atoms with E-state index < -0.39 is 25.0 Å². The summed E-state index contributed by atoms with van der Waals surface area (Å²) in [4.78, 5) is 0. The van der Waals surface area contributed by atoms with Gasteiger partial charge in [0.25, 0.3) is 0 Å². The summed E-state index contributed by atoms with van der Waals surface area (Å²) in [6.45, 7) is 30.0. The molecule has 3 atom stereocenters. The number of hydrogen-bond acceptors (Lipinski definition) is 3. The standard InChI is InChI=1S/C35H66O3Si3/c1-14-21-30-31(24-20-26-35(8,38-39(9,10)11)27-25-29-22-18-19-23-29)33(37-41(15-2,16-3)17-4)28-32(30)36-40(12,13)34(5,6)7/h20,24,29,31,33H,15-19,22-23,25-28H2,1-13H3/b24-20+/t31-,33?,35?/m1/s1. The Bertz CT molecular complexity index is 942. The van der Waals surface area contributed by atoms with Crippen LogP contribution in [0.2, 0.25) is 55.9 Å². The van der Waals surface area contributed by atoms with Crippen LogP contribution in [-0.4, -0.2) is 36.7 Å². The van der Waals surface area contributed by atoms with E-state index in [1.165, 1.54) is 32.1 Å². The Labute approximate surface area is 259 Å². The molecular formula is C35H66O3Si3. The summed E-state index contributed by atoms with van der Waals surface area (Å²) >= 11 is 0. The molecule has 0 N–H and O–H groups in total. The summed E-state index contributed by atoms with van der Waals surface area (Å²) in [5.41, 5.74) is 1.04. The molecule has 41 heavy (non-hydrogen) atoms. The number of hydrogen-bond donors (Lipinski definition) is 0. The Morgan fingerprint density at radius 3 is 2.00 bits per heavy atom. The van der Waals surface area contributed by atoms with Gasteiger partial charge in [-0.05, 0) is 94.9 Å². The predicted molar refractivity (Wildman–Crippen MR) is 187 cm³/mol. The van der Waals surface area contributed by atoms with Crippen LogP contribution in [0.4, 0.5) is 0 Å². The highest BCUT2D eigenvalue weighted by molar-refractivity contribution is 6.74. The molecule has 0 bridgehead atoms. The van der Waals surface area contributed by atoms with Crippen LogP contribution in [0.3, 0.4) is 0 Å². The minimum absolute atomic E-state index is 0.107. The highest BCUT2D eigenvalue weighted by Crippen LogP contribution is 2.45. The highest BCUT2D eigenvalue weighted by atomic mass is 28.4. The predicted octanol–water partition coefficient (Wildman–Crippen LogP) is 11.2. The topological polar surface area (TPSA) is 27.7 Å². The van der Waals surface area contributed by atoms with Gasteiger partial charge in [0, 0.05) is 17.9 Å². The van der Waals surface area contributed by atoms with Crippen LogP contribution in [0.1, 0.15) is 107 Å². The van der Waals surface area contributed by atoms with Crippen LogP contribution in [0, 0.1) is 23.7 Å². The molecule has 236 valence electrons. The minimum Gasteiger partial charge on any atom is -0.546 e. The molecule has 2 aliphatic carbocycles. The second-order valence-electron chi connectivity index (χ2n) is 15.7. The molecule has 1 saturated carbocycles. The molecule has 0 aliphatic heterocycles. The van der Waals surface area contributed by atoms with Gasteiger partial charge in [-0.1, -0.05) is 85.3 Å². The maximum atomic E-state index is 7.23. The molecule has 2 rings (SSSR count). The third-order valence-electron chi connectivity index (χ3n) is 10.2. The van der Waals surface area contributed by atoms with Crippen LogP contribution in [0.15, 0.2) is 23.5 Å². The zero-order valence-corrected chi connectivity index (χ0v) is 32.4. The fourth-order valence-electron chi connectivity index (χ4n) is 6.50. The monoisotopic (exact) mass is 618 g/mol. The van der Waals surface area contributed by atoms with Gasteiger partial charge in [-0.15, -0.1) is 5.92 Å². The fourth-order valence-corrected chi connectivity index (χ4v) is 12.2. The third kappa shape index (κ3) is 10.5. The zero-order valence-electron chi connectivity index (χ0n) is 29.4. The van der Waals surface area contributed by atoms with Crippen molar-refractivity contribution in [2.75, 3.05) is 0 Å². The van der Waals surface area contributed by atoms with Gasteiger partial charge in [-0.25, -0.2) is 0 Å². The first-order chi connectivity index (χ1) is 18.9. The highest BCUT2D eigenvalue weighted by Gasteiger charge is 2.45. The molecule has 0 aromatic rings. The normalized spacial score (nSPS) is 22.8. The van der Waals surface area contributed by atoms with E-state index in [2.05, 4.69) is 105 Å². The van der Waals surface area contributed by atoms with E-state index in [9.17, 15) is 0 Å². The van der Waals surface area contributed by atoms with Crippen molar-refractivity contribution in [1.29, 1.82) is 0 Å². The van der Waals surface area contributed by atoms with E-state index in [1.807, 2.05) is 6.92 Å². The van der Waals surface area contributed by atoms with Crippen LogP contribution >= 0.6 is 0 Å². The van der Waals surface area contributed by atoms with Gasteiger partial charge >= 0.3 is 0 Å². The van der Waals surface area contributed by atoms with Gasteiger partial charge in [-0.3, -0.25) is 0 Å². The first kappa shape index (κ1) is 36.6. The molecule has 1 fully saturated rings. The number of rotatable bonds is 15. The first-order valence-electron chi connectivity index (χ1n) is 16.8.